The van der Waals surface area contributed by atoms with E-state index in [-0.39, 0.29) is 12.1 Å². The van der Waals surface area contributed by atoms with E-state index in [0.29, 0.717) is 26.6 Å². The van der Waals surface area contributed by atoms with Crippen LogP contribution in [-0.2, 0) is 13.1 Å². The van der Waals surface area contributed by atoms with Crippen LogP contribution in [0, 0.1) is 3.95 Å². The number of rotatable bonds is 5. The molecule has 0 spiro atoms. The number of hydrogen-bond donors (Lipinski definition) is 0. The van der Waals surface area contributed by atoms with E-state index in [4.69, 9.17) is 16.7 Å². The average Bonchev–Trinajstić information content (AvgIpc) is 3.24. The van der Waals surface area contributed by atoms with E-state index in [1.165, 1.54) is 22.2 Å². The zero-order valence-electron chi connectivity index (χ0n) is 13.7. The largest absolute Gasteiger partial charge is 0.359 e. The van der Waals surface area contributed by atoms with Gasteiger partial charge in [-0.15, -0.1) is 6.58 Å². The van der Waals surface area contributed by atoms with Crippen LogP contribution in [0.4, 0.5) is 0 Å². The summed E-state index contributed by atoms with van der Waals surface area (Å²) in [5.74, 6) is 0.584. The van der Waals surface area contributed by atoms with Crippen molar-refractivity contribution in [3.05, 3.63) is 75.4 Å². The van der Waals surface area contributed by atoms with Crippen molar-refractivity contribution >= 4 is 33.9 Å². The molecule has 0 amide bonds. The molecule has 4 rings (SSSR count). The van der Waals surface area contributed by atoms with Crippen LogP contribution in [0.25, 0.3) is 21.6 Å². The Morgan fingerprint density at radius 2 is 2.12 bits per heavy atom. The molecule has 0 atom stereocenters. The van der Waals surface area contributed by atoms with Gasteiger partial charge in [-0.3, -0.25) is 9.36 Å². The average molecular weight is 382 g/mol. The van der Waals surface area contributed by atoms with E-state index in [0.717, 1.165) is 11.3 Å². The summed E-state index contributed by atoms with van der Waals surface area (Å²) < 4.78 is 9.82. The molecule has 6 nitrogen and oxygen atoms in total. The quantitative estimate of drug-likeness (QED) is 0.387. The van der Waals surface area contributed by atoms with Crippen LogP contribution in [0.2, 0.25) is 0 Å². The molecule has 3 aromatic heterocycles. The van der Waals surface area contributed by atoms with Crippen molar-refractivity contribution < 1.29 is 4.52 Å². The van der Waals surface area contributed by atoms with E-state index in [1.807, 2.05) is 36.4 Å². The second-order valence-electron chi connectivity index (χ2n) is 5.64. The fraction of sp³-hybridized carbons (Fsp3) is 0.111. The van der Waals surface area contributed by atoms with Crippen LogP contribution in [0.5, 0.6) is 0 Å². The van der Waals surface area contributed by atoms with Crippen molar-refractivity contribution in [2.45, 2.75) is 13.1 Å². The number of fused-ring (bicyclic) bond motifs is 1. The molecule has 0 saturated carbocycles. The molecule has 26 heavy (non-hydrogen) atoms. The number of nitrogens with zero attached hydrogens (tertiary/aromatic N) is 4. The molecule has 0 bridgehead atoms. The lowest BCUT2D eigenvalue weighted by Gasteiger charge is -2.03. The van der Waals surface area contributed by atoms with Gasteiger partial charge in [0.15, 0.2) is 15.4 Å². The lowest BCUT2D eigenvalue weighted by molar-refractivity contribution is 0.376. The molecule has 3 heterocycles. The minimum Gasteiger partial charge on any atom is -0.359 e. The Hall–Kier alpha value is -2.84. The molecule has 0 unspecified atom stereocenters. The van der Waals surface area contributed by atoms with Gasteiger partial charge in [0.1, 0.15) is 16.7 Å². The monoisotopic (exact) mass is 382 g/mol. The minimum atomic E-state index is -0.147. The van der Waals surface area contributed by atoms with E-state index < -0.39 is 0 Å². The second-order valence-corrected chi connectivity index (χ2v) is 7.29. The lowest BCUT2D eigenvalue weighted by Crippen LogP contribution is -2.20. The second kappa shape index (κ2) is 6.81. The summed E-state index contributed by atoms with van der Waals surface area (Å²) in [6.07, 6.45) is 3.24. The van der Waals surface area contributed by atoms with Gasteiger partial charge in [-0.1, -0.05) is 52.9 Å². The summed E-state index contributed by atoms with van der Waals surface area (Å²) in [6.45, 7) is 4.50. The molecule has 4 aromatic rings. The Labute approximate surface area is 157 Å². The van der Waals surface area contributed by atoms with Crippen LogP contribution in [0.1, 0.15) is 5.76 Å². The van der Waals surface area contributed by atoms with Gasteiger partial charge in [-0.2, -0.15) is 0 Å². The normalized spacial score (nSPS) is 11.1. The molecule has 130 valence electrons. The third-order valence-corrected chi connectivity index (χ3v) is 5.34. The molecular formula is C18H14N4O2S2. The maximum atomic E-state index is 12.8. The van der Waals surface area contributed by atoms with Crippen molar-refractivity contribution in [2.75, 3.05) is 0 Å². The Morgan fingerprint density at radius 1 is 1.31 bits per heavy atom. The zero-order valence-corrected chi connectivity index (χ0v) is 15.3. The molecule has 1 aromatic carbocycles. The minimum absolute atomic E-state index is 0.147. The number of thiazole rings is 1. The maximum absolute atomic E-state index is 12.8. The Morgan fingerprint density at radius 3 is 2.88 bits per heavy atom. The highest BCUT2D eigenvalue weighted by Gasteiger charge is 2.13. The van der Waals surface area contributed by atoms with Crippen LogP contribution >= 0.6 is 23.6 Å². The summed E-state index contributed by atoms with van der Waals surface area (Å²) >= 11 is 6.59. The summed E-state index contributed by atoms with van der Waals surface area (Å²) in [6, 6.07) is 11.6. The van der Waals surface area contributed by atoms with Crippen molar-refractivity contribution in [3.8, 4) is 11.3 Å². The van der Waals surface area contributed by atoms with Gasteiger partial charge in [-0.25, -0.2) is 4.98 Å². The van der Waals surface area contributed by atoms with E-state index >= 15 is 0 Å². The third kappa shape index (κ3) is 2.93. The predicted molar refractivity (Wildman–Crippen MR) is 104 cm³/mol. The van der Waals surface area contributed by atoms with E-state index in [1.54, 1.807) is 10.6 Å². The number of hydrogen-bond acceptors (Lipinski definition) is 6. The summed E-state index contributed by atoms with van der Waals surface area (Å²) in [5.41, 5.74) is 2.13. The highest BCUT2D eigenvalue weighted by molar-refractivity contribution is 7.73. The molecule has 0 saturated heterocycles. The van der Waals surface area contributed by atoms with Crippen molar-refractivity contribution in [1.82, 2.24) is 19.3 Å². The Bertz CT molecular complexity index is 1200. The van der Waals surface area contributed by atoms with Crippen molar-refractivity contribution in [2.24, 2.45) is 0 Å². The Kier molecular flexibility index (Phi) is 4.36. The van der Waals surface area contributed by atoms with Gasteiger partial charge in [0.05, 0.1) is 6.54 Å². The first-order valence-electron chi connectivity index (χ1n) is 7.88. The van der Waals surface area contributed by atoms with Crippen LogP contribution in [-0.4, -0.2) is 19.3 Å². The zero-order chi connectivity index (χ0) is 18.1. The van der Waals surface area contributed by atoms with Gasteiger partial charge in [0.25, 0.3) is 5.56 Å². The topological polar surface area (TPSA) is 65.8 Å². The van der Waals surface area contributed by atoms with E-state index in [9.17, 15) is 4.79 Å². The highest BCUT2D eigenvalue weighted by Crippen LogP contribution is 2.20. The smallest absolute Gasteiger partial charge is 0.273 e. The number of aromatic nitrogens is 4. The summed E-state index contributed by atoms with van der Waals surface area (Å²) in [5, 5.41) is 4.08. The van der Waals surface area contributed by atoms with Crippen molar-refractivity contribution in [1.29, 1.82) is 0 Å². The molecule has 0 aliphatic carbocycles. The van der Waals surface area contributed by atoms with Gasteiger partial charge in [-0.05, 0) is 12.2 Å². The van der Waals surface area contributed by atoms with Gasteiger partial charge in [0, 0.05) is 18.2 Å². The van der Waals surface area contributed by atoms with E-state index in [2.05, 4.69) is 16.7 Å². The predicted octanol–water partition coefficient (Wildman–Crippen LogP) is 3.88. The fourth-order valence-corrected chi connectivity index (χ4v) is 3.99. The molecule has 0 aliphatic rings. The molecule has 0 fully saturated rings. The van der Waals surface area contributed by atoms with Crippen LogP contribution in [0.15, 0.2) is 64.7 Å². The summed E-state index contributed by atoms with van der Waals surface area (Å²) in [7, 11) is 0. The molecule has 0 aliphatic heterocycles. The Balaban J connectivity index is 1.69. The molecule has 0 radical (unpaired) electrons. The van der Waals surface area contributed by atoms with Gasteiger partial charge >= 0.3 is 0 Å². The van der Waals surface area contributed by atoms with Gasteiger partial charge < -0.3 is 9.09 Å². The van der Waals surface area contributed by atoms with Crippen molar-refractivity contribution in [3.63, 3.8) is 0 Å². The standard InChI is InChI=1S/C18H14N4O2S2/c1-2-8-22-16-15(26-18(22)25)17(23)21(11-19-16)10-13-9-14(20-24-13)12-6-4-3-5-7-12/h2-7,9,11H,1,8,10H2. The molecular weight excluding hydrogens is 368 g/mol. The summed E-state index contributed by atoms with van der Waals surface area (Å²) in [4.78, 5) is 17.2. The first-order valence-corrected chi connectivity index (χ1v) is 9.10. The molecule has 8 heteroatoms. The maximum Gasteiger partial charge on any atom is 0.273 e. The SMILES string of the molecule is C=CCn1c(=S)sc2c(=O)n(Cc3cc(-c4ccccc4)no3)cnc21. The first-order chi connectivity index (χ1) is 12.7. The number of benzene rings is 1. The fourth-order valence-electron chi connectivity index (χ4n) is 2.68. The highest BCUT2D eigenvalue weighted by atomic mass is 32.1. The number of allylic oxidation sites excluding steroid dienone is 1. The van der Waals surface area contributed by atoms with Crippen LogP contribution in [0.3, 0.4) is 0 Å². The van der Waals surface area contributed by atoms with Gasteiger partial charge in [0.2, 0.25) is 0 Å². The van der Waals surface area contributed by atoms with Crippen LogP contribution < -0.4 is 5.56 Å². The lowest BCUT2D eigenvalue weighted by atomic mass is 10.1. The first kappa shape index (κ1) is 16.6. The molecule has 0 N–H and O–H groups in total. The third-order valence-electron chi connectivity index (χ3n) is 3.91.